The van der Waals surface area contributed by atoms with E-state index in [4.69, 9.17) is 9.47 Å². The van der Waals surface area contributed by atoms with Gasteiger partial charge >= 0.3 is 5.97 Å². The third-order valence-electron chi connectivity index (χ3n) is 4.57. The maximum absolute atomic E-state index is 12.2. The number of ether oxygens (including phenoxy) is 2. The standard InChI is InChI=1S/C16H27NO4/c1-2-21-16(19)14-5-9-17(10-6-14)15(18)4-3-13-7-11-20-12-8-13/h13-14H,2-12H2,1H3. The van der Waals surface area contributed by atoms with Gasteiger partial charge in [-0.05, 0) is 44.9 Å². The van der Waals surface area contributed by atoms with Gasteiger partial charge in [0.25, 0.3) is 0 Å². The second-order valence-corrected chi connectivity index (χ2v) is 6.00. The van der Waals surface area contributed by atoms with Gasteiger partial charge in [0.15, 0.2) is 0 Å². The van der Waals surface area contributed by atoms with Crippen LogP contribution in [0, 0.1) is 11.8 Å². The molecule has 2 aliphatic heterocycles. The van der Waals surface area contributed by atoms with E-state index in [1.165, 1.54) is 0 Å². The highest BCUT2D eigenvalue weighted by Crippen LogP contribution is 2.23. The number of carbonyl (C=O) groups is 2. The van der Waals surface area contributed by atoms with Crippen LogP contribution < -0.4 is 0 Å². The Morgan fingerprint density at radius 3 is 2.43 bits per heavy atom. The van der Waals surface area contributed by atoms with Gasteiger partial charge in [-0.15, -0.1) is 0 Å². The lowest BCUT2D eigenvalue weighted by Crippen LogP contribution is -2.40. The van der Waals surface area contributed by atoms with E-state index in [1.54, 1.807) is 0 Å². The number of nitrogens with zero attached hydrogens (tertiary/aromatic N) is 1. The zero-order valence-corrected chi connectivity index (χ0v) is 13.0. The summed E-state index contributed by atoms with van der Waals surface area (Å²) in [6, 6.07) is 0. The molecule has 2 aliphatic rings. The first-order valence-corrected chi connectivity index (χ1v) is 8.23. The molecule has 2 fully saturated rings. The highest BCUT2D eigenvalue weighted by Gasteiger charge is 2.28. The van der Waals surface area contributed by atoms with Gasteiger partial charge in [-0.1, -0.05) is 0 Å². The SMILES string of the molecule is CCOC(=O)C1CCN(C(=O)CCC2CCOCC2)CC1. The van der Waals surface area contributed by atoms with Crippen LogP contribution in [-0.2, 0) is 19.1 Å². The summed E-state index contributed by atoms with van der Waals surface area (Å²) in [6.07, 6.45) is 5.24. The van der Waals surface area contributed by atoms with Crippen LogP contribution in [0.4, 0.5) is 0 Å². The zero-order chi connectivity index (χ0) is 15.1. The highest BCUT2D eigenvalue weighted by atomic mass is 16.5. The van der Waals surface area contributed by atoms with Crippen molar-refractivity contribution < 1.29 is 19.1 Å². The lowest BCUT2D eigenvalue weighted by atomic mass is 9.93. The predicted octanol–water partition coefficient (Wildman–Crippen LogP) is 1.99. The van der Waals surface area contributed by atoms with E-state index in [0.29, 0.717) is 32.0 Å². The Labute approximate surface area is 127 Å². The highest BCUT2D eigenvalue weighted by molar-refractivity contribution is 5.77. The summed E-state index contributed by atoms with van der Waals surface area (Å²) in [4.78, 5) is 25.8. The van der Waals surface area contributed by atoms with Crippen molar-refractivity contribution in [3.8, 4) is 0 Å². The summed E-state index contributed by atoms with van der Waals surface area (Å²) in [5.41, 5.74) is 0. The second-order valence-electron chi connectivity index (χ2n) is 6.00. The van der Waals surface area contributed by atoms with Gasteiger partial charge in [0.2, 0.25) is 5.91 Å². The summed E-state index contributed by atoms with van der Waals surface area (Å²) < 4.78 is 10.4. The van der Waals surface area contributed by atoms with Crippen molar-refractivity contribution >= 4 is 11.9 Å². The summed E-state index contributed by atoms with van der Waals surface area (Å²) >= 11 is 0. The molecule has 21 heavy (non-hydrogen) atoms. The molecular weight excluding hydrogens is 270 g/mol. The lowest BCUT2D eigenvalue weighted by Gasteiger charge is -2.31. The van der Waals surface area contributed by atoms with Crippen LogP contribution in [0.1, 0.15) is 45.4 Å². The Kier molecular flexibility index (Phi) is 6.49. The van der Waals surface area contributed by atoms with E-state index in [0.717, 1.165) is 45.3 Å². The molecule has 0 atom stereocenters. The van der Waals surface area contributed by atoms with Crippen LogP contribution >= 0.6 is 0 Å². The largest absolute Gasteiger partial charge is 0.466 e. The maximum atomic E-state index is 12.2. The van der Waals surface area contributed by atoms with Gasteiger partial charge in [0.1, 0.15) is 0 Å². The number of esters is 1. The first-order valence-electron chi connectivity index (χ1n) is 8.23. The number of hydrogen-bond acceptors (Lipinski definition) is 4. The first-order chi connectivity index (χ1) is 10.2. The minimum atomic E-state index is -0.105. The molecule has 1 amide bonds. The summed E-state index contributed by atoms with van der Waals surface area (Å²) in [5, 5.41) is 0. The average molecular weight is 297 g/mol. The molecule has 0 bridgehead atoms. The third-order valence-corrected chi connectivity index (χ3v) is 4.57. The van der Waals surface area contributed by atoms with Crippen molar-refractivity contribution in [3.05, 3.63) is 0 Å². The monoisotopic (exact) mass is 297 g/mol. The molecule has 0 unspecified atom stereocenters. The minimum absolute atomic E-state index is 0.0236. The number of amides is 1. The Morgan fingerprint density at radius 1 is 1.14 bits per heavy atom. The maximum Gasteiger partial charge on any atom is 0.309 e. The van der Waals surface area contributed by atoms with Gasteiger partial charge in [-0.25, -0.2) is 0 Å². The molecule has 5 heteroatoms. The van der Waals surface area contributed by atoms with Crippen molar-refractivity contribution in [3.63, 3.8) is 0 Å². The van der Waals surface area contributed by atoms with Gasteiger partial charge in [0, 0.05) is 32.7 Å². The Morgan fingerprint density at radius 2 is 1.81 bits per heavy atom. The molecule has 0 radical (unpaired) electrons. The number of carbonyl (C=O) groups excluding carboxylic acids is 2. The molecule has 120 valence electrons. The van der Waals surface area contributed by atoms with E-state index >= 15 is 0 Å². The normalized spacial score (nSPS) is 21.3. The summed E-state index contributed by atoms with van der Waals surface area (Å²) in [7, 11) is 0. The van der Waals surface area contributed by atoms with Gasteiger partial charge < -0.3 is 14.4 Å². The molecule has 0 aromatic rings. The van der Waals surface area contributed by atoms with Crippen molar-refractivity contribution in [1.82, 2.24) is 4.90 Å². The van der Waals surface area contributed by atoms with E-state index in [9.17, 15) is 9.59 Å². The molecule has 5 nitrogen and oxygen atoms in total. The number of hydrogen-bond donors (Lipinski definition) is 0. The topological polar surface area (TPSA) is 55.8 Å². The van der Waals surface area contributed by atoms with Crippen molar-refractivity contribution in [2.24, 2.45) is 11.8 Å². The first kappa shape index (κ1) is 16.3. The molecule has 0 N–H and O–H groups in total. The van der Waals surface area contributed by atoms with Crippen molar-refractivity contribution in [2.75, 3.05) is 32.9 Å². The van der Waals surface area contributed by atoms with Gasteiger partial charge in [-0.3, -0.25) is 9.59 Å². The van der Waals surface area contributed by atoms with E-state index < -0.39 is 0 Å². The minimum Gasteiger partial charge on any atom is -0.466 e. The van der Waals surface area contributed by atoms with E-state index in [2.05, 4.69) is 0 Å². The van der Waals surface area contributed by atoms with Gasteiger partial charge in [-0.2, -0.15) is 0 Å². The van der Waals surface area contributed by atoms with Crippen LogP contribution in [0.2, 0.25) is 0 Å². The van der Waals surface area contributed by atoms with E-state index in [-0.39, 0.29) is 17.8 Å². The molecule has 0 aromatic heterocycles. The number of piperidine rings is 1. The molecular formula is C16H27NO4. The molecule has 0 saturated carbocycles. The average Bonchev–Trinajstić information content (AvgIpc) is 2.54. The van der Waals surface area contributed by atoms with Crippen LogP contribution in [0.3, 0.4) is 0 Å². The lowest BCUT2D eigenvalue weighted by molar-refractivity contribution is -0.151. The number of likely N-dealkylation sites (tertiary alicyclic amines) is 1. The molecule has 0 aliphatic carbocycles. The molecule has 0 spiro atoms. The fourth-order valence-corrected chi connectivity index (χ4v) is 3.15. The molecule has 2 rings (SSSR count). The van der Waals surface area contributed by atoms with Gasteiger partial charge in [0.05, 0.1) is 12.5 Å². The Hall–Kier alpha value is -1.10. The van der Waals surface area contributed by atoms with Crippen LogP contribution in [-0.4, -0.2) is 49.7 Å². The predicted molar refractivity (Wildman–Crippen MR) is 78.7 cm³/mol. The summed E-state index contributed by atoms with van der Waals surface area (Å²) in [6.45, 7) is 5.32. The number of rotatable bonds is 5. The quantitative estimate of drug-likeness (QED) is 0.728. The Bertz CT molecular complexity index is 344. The molecule has 2 heterocycles. The molecule has 2 saturated heterocycles. The van der Waals surface area contributed by atoms with Crippen LogP contribution in [0.25, 0.3) is 0 Å². The fraction of sp³-hybridized carbons (Fsp3) is 0.875. The zero-order valence-electron chi connectivity index (χ0n) is 13.0. The second kappa shape index (κ2) is 8.37. The van der Waals surface area contributed by atoms with Crippen molar-refractivity contribution in [2.45, 2.75) is 45.4 Å². The van der Waals surface area contributed by atoms with Crippen LogP contribution in [0.15, 0.2) is 0 Å². The summed E-state index contributed by atoms with van der Waals surface area (Å²) in [5.74, 6) is 0.750. The fourth-order valence-electron chi connectivity index (χ4n) is 3.15. The van der Waals surface area contributed by atoms with Crippen molar-refractivity contribution in [1.29, 1.82) is 0 Å². The molecule has 0 aromatic carbocycles. The third kappa shape index (κ3) is 4.99. The Balaban J connectivity index is 1.66. The smallest absolute Gasteiger partial charge is 0.309 e. The van der Waals surface area contributed by atoms with Crippen LogP contribution in [0.5, 0.6) is 0 Å². The van der Waals surface area contributed by atoms with E-state index in [1.807, 2.05) is 11.8 Å².